The largest absolute Gasteiger partial charge is 0.455 e. The number of aryl methyl sites for hydroxylation is 1. The molecule has 0 aliphatic heterocycles. The summed E-state index contributed by atoms with van der Waals surface area (Å²) in [7, 11) is 0. The van der Waals surface area contributed by atoms with E-state index in [9.17, 15) is 0 Å². The minimum Gasteiger partial charge on any atom is -0.455 e. The highest BCUT2D eigenvalue weighted by Crippen LogP contribution is 2.33. The monoisotopic (exact) mass is 272 g/mol. The quantitative estimate of drug-likeness (QED) is 0.676. The fraction of sp³-hybridized carbons (Fsp3) is 0.133. The molecule has 3 nitrogen and oxygen atoms in total. The topological polar surface area (TPSA) is 47.6 Å². The molecule has 2 N–H and O–H groups in total. The third kappa shape index (κ3) is 3.51. The SMILES string of the molecule is CSC(N)=Nc1ccccc1Oc1ccccc1C. The molecule has 19 heavy (non-hydrogen) atoms. The Morgan fingerprint density at radius 3 is 2.37 bits per heavy atom. The lowest BCUT2D eigenvalue weighted by atomic mass is 10.2. The van der Waals surface area contributed by atoms with Crippen LogP contribution in [0.4, 0.5) is 5.69 Å². The van der Waals surface area contributed by atoms with Gasteiger partial charge in [0, 0.05) is 0 Å². The van der Waals surface area contributed by atoms with Gasteiger partial charge in [0.05, 0.1) is 0 Å². The summed E-state index contributed by atoms with van der Waals surface area (Å²) < 4.78 is 5.91. The highest BCUT2D eigenvalue weighted by atomic mass is 32.2. The van der Waals surface area contributed by atoms with Crippen LogP contribution in [0, 0.1) is 6.92 Å². The number of hydrogen-bond donors (Lipinski definition) is 1. The van der Waals surface area contributed by atoms with Gasteiger partial charge < -0.3 is 10.5 Å². The normalized spacial score (nSPS) is 11.4. The zero-order valence-corrected chi connectivity index (χ0v) is 11.8. The minimum absolute atomic E-state index is 0.515. The number of aliphatic imine (C=N–C) groups is 1. The van der Waals surface area contributed by atoms with Gasteiger partial charge in [0.15, 0.2) is 10.9 Å². The molecule has 2 rings (SSSR count). The Balaban J connectivity index is 2.33. The molecule has 0 spiro atoms. The fourth-order valence-electron chi connectivity index (χ4n) is 1.59. The minimum atomic E-state index is 0.515. The molecule has 98 valence electrons. The van der Waals surface area contributed by atoms with Crippen molar-refractivity contribution >= 4 is 22.6 Å². The van der Waals surface area contributed by atoms with Gasteiger partial charge >= 0.3 is 0 Å². The molecule has 0 aliphatic carbocycles. The van der Waals surface area contributed by atoms with Gasteiger partial charge in [-0.2, -0.15) is 0 Å². The van der Waals surface area contributed by atoms with Crippen LogP contribution in [-0.4, -0.2) is 11.4 Å². The van der Waals surface area contributed by atoms with E-state index in [1.54, 1.807) is 0 Å². The first-order valence-corrected chi connectivity index (χ1v) is 7.14. The number of nitrogens with two attached hydrogens (primary N) is 1. The molecular formula is C15H16N2OS. The lowest BCUT2D eigenvalue weighted by molar-refractivity contribution is 0.480. The smallest absolute Gasteiger partial charge is 0.159 e. The van der Waals surface area contributed by atoms with E-state index < -0.39 is 0 Å². The van der Waals surface area contributed by atoms with Gasteiger partial charge in [-0.05, 0) is 36.9 Å². The summed E-state index contributed by atoms with van der Waals surface area (Å²) in [5.41, 5.74) is 7.57. The molecule has 0 heterocycles. The van der Waals surface area contributed by atoms with Gasteiger partial charge in [0.1, 0.15) is 11.4 Å². The number of para-hydroxylation sites is 3. The van der Waals surface area contributed by atoms with Crippen molar-refractivity contribution in [2.45, 2.75) is 6.92 Å². The highest BCUT2D eigenvalue weighted by molar-refractivity contribution is 8.13. The molecule has 0 aromatic heterocycles. The zero-order valence-electron chi connectivity index (χ0n) is 11.0. The van der Waals surface area contributed by atoms with Crippen LogP contribution >= 0.6 is 11.8 Å². The predicted molar refractivity (Wildman–Crippen MR) is 82.5 cm³/mol. The molecular weight excluding hydrogens is 256 g/mol. The van der Waals surface area contributed by atoms with E-state index >= 15 is 0 Å². The Hall–Kier alpha value is -1.94. The third-order valence-corrected chi connectivity index (χ3v) is 3.13. The van der Waals surface area contributed by atoms with Gasteiger partial charge in [0.25, 0.3) is 0 Å². The first-order chi connectivity index (χ1) is 9.20. The van der Waals surface area contributed by atoms with E-state index in [4.69, 9.17) is 10.5 Å². The molecule has 0 radical (unpaired) electrons. The second kappa shape index (κ2) is 6.29. The summed E-state index contributed by atoms with van der Waals surface area (Å²) in [4.78, 5) is 4.34. The number of hydrogen-bond acceptors (Lipinski definition) is 3. The van der Waals surface area contributed by atoms with Crippen molar-refractivity contribution in [2.24, 2.45) is 10.7 Å². The molecule has 2 aromatic rings. The lowest BCUT2D eigenvalue weighted by Crippen LogP contribution is -2.04. The number of ether oxygens (including phenoxy) is 1. The Labute approximate surface area is 117 Å². The van der Waals surface area contributed by atoms with Gasteiger partial charge in [-0.15, -0.1) is 0 Å². The van der Waals surface area contributed by atoms with Crippen molar-refractivity contribution in [3.63, 3.8) is 0 Å². The average molecular weight is 272 g/mol. The highest BCUT2D eigenvalue weighted by Gasteiger charge is 2.05. The van der Waals surface area contributed by atoms with Crippen LogP contribution < -0.4 is 10.5 Å². The van der Waals surface area contributed by atoms with E-state index in [0.29, 0.717) is 10.9 Å². The van der Waals surface area contributed by atoms with Crippen LogP contribution in [0.5, 0.6) is 11.5 Å². The van der Waals surface area contributed by atoms with Crippen LogP contribution in [-0.2, 0) is 0 Å². The number of benzene rings is 2. The number of amidine groups is 1. The molecule has 4 heteroatoms. The summed E-state index contributed by atoms with van der Waals surface area (Å²) in [6.45, 7) is 2.01. The van der Waals surface area contributed by atoms with E-state index in [0.717, 1.165) is 17.0 Å². The number of thioether (sulfide) groups is 1. The molecule has 0 saturated heterocycles. The van der Waals surface area contributed by atoms with Crippen molar-refractivity contribution in [3.05, 3.63) is 54.1 Å². The second-order valence-corrected chi connectivity index (χ2v) is 4.82. The summed E-state index contributed by atoms with van der Waals surface area (Å²) in [6.07, 6.45) is 1.89. The van der Waals surface area contributed by atoms with Gasteiger partial charge in [-0.3, -0.25) is 0 Å². The Morgan fingerprint density at radius 2 is 1.68 bits per heavy atom. The molecule has 0 amide bonds. The zero-order chi connectivity index (χ0) is 13.7. The predicted octanol–water partition coefficient (Wildman–Crippen LogP) is 4.10. The van der Waals surface area contributed by atoms with Crippen molar-refractivity contribution in [3.8, 4) is 11.5 Å². The molecule has 0 aliphatic rings. The molecule has 0 fully saturated rings. The number of rotatable bonds is 3. The second-order valence-electron chi connectivity index (χ2n) is 3.99. The van der Waals surface area contributed by atoms with E-state index in [-0.39, 0.29) is 0 Å². The maximum absolute atomic E-state index is 5.91. The van der Waals surface area contributed by atoms with Crippen LogP contribution in [0.2, 0.25) is 0 Å². The average Bonchev–Trinajstić information content (AvgIpc) is 2.43. The first kappa shape index (κ1) is 13.5. The van der Waals surface area contributed by atoms with Crippen molar-refractivity contribution in [1.29, 1.82) is 0 Å². The molecule has 0 saturated carbocycles. The van der Waals surface area contributed by atoms with Gasteiger partial charge in [-0.25, -0.2) is 4.99 Å². The standard InChI is InChI=1S/C15H16N2OS/c1-11-7-3-5-9-13(11)18-14-10-6-4-8-12(14)17-15(16)19-2/h3-10H,1-2H3,(H2,16,17). The summed E-state index contributed by atoms with van der Waals surface area (Å²) in [6, 6.07) is 15.5. The Morgan fingerprint density at radius 1 is 1.05 bits per heavy atom. The van der Waals surface area contributed by atoms with Crippen molar-refractivity contribution < 1.29 is 4.74 Å². The summed E-state index contributed by atoms with van der Waals surface area (Å²) >= 11 is 1.41. The Bertz CT molecular complexity index is 596. The van der Waals surface area contributed by atoms with Crippen LogP contribution in [0.25, 0.3) is 0 Å². The first-order valence-electron chi connectivity index (χ1n) is 5.91. The van der Waals surface area contributed by atoms with Crippen molar-refractivity contribution in [1.82, 2.24) is 0 Å². The molecule has 0 bridgehead atoms. The molecule has 2 aromatic carbocycles. The third-order valence-electron chi connectivity index (χ3n) is 2.62. The van der Waals surface area contributed by atoms with Crippen LogP contribution in [0.3, 0.4) is 0 Å². The molecule has 0 atom stereocenters. The van der Waals surface area contributed by atoms with Crippen molar-refractivity contribution in [2.75, 3.05) is 6.26 Å². The maximum Gasteiger partial charge on any atom is 0.159 e. The van der Waals surface area contributed by atoms with Crippen LogP contribution in [0.15, 0.2) is 53.5 Å². The number of nitrogens with zero attached hydrogens (tertiary/aromatic N) is 1. The molecule has 0 unspecified atom stereocenters. The maximum atomic E-state index is 5.91. The van der Waals surface area contributed by atoms with Gasteiger partial charge in [-0.1, -0.05) is 42.1 Å². The lowest BCUT2D eigenvalue weighted by Gasteiger charge is -2.10. The van der Waals surface area contributed by atoms with Crippen LogP contribution in [0.1, 0.15) is 5.56 Å². The van der Waals surface area contributed by atoms with E-state index in [1.807, 2.05) is 61.7 Å². The van der Waals surface area contributed by atoms with E-state index in [1.165, 1.54) is 11.8 Å². The summed E-state index contributed by atoms with van der Waals surface area (Å²) in [5, 5.41) is 0.515. The van der Waals surface area contributed by atoms with Gasteiger partial charge in [0.2, 0.25) is 0 Å². The van der Waals surface area contributed by atoms with E-state index in [2.05, 4.69) is 4.99 Å². The summed E-state index contributed by atoms with van der Waals surface area (Å²) in [5.74, 6) is 1.53. The Kier molecular flexibility index (Phi) is 4.47. The fourth-order valence-corrected chi connectivity index (χ4v) is 1.78.